The van der Waals surface area contributed by atoms with Crippen LogP contribution in [0.4, 0.5) is 0 Å². The van der Waals surface area contributed by atoms with E-state index in [1.807, 2.05) is 30.3 Å². The molecule has 2 aromatic rings. The zero-order valence-electron chi connectivity index (χ0n) is 15.4. The molecule has 2 aromatic carbocycles. The monoisotopic (exact) mass is 402 g/mol. The molecule has 29 heavy (non-hydrogen) atoms. The average Bonchev–Trinajstić information content (AvgIpc) is 2.74. The zero-order chi connectivity index (χ0) is 20.5. The standard InChI is InChI=1S/C21H22O8/c22-10-17-18(24)19(25)20(26)21(29-17)27-12-6-7-13-14(23)9-15(28-16(13)8-12)11-4-2-1-3-5-11/h1-8,15,17-22,24-26H,9-10H2/t15-,17+,18+,19-,20+,21+/m1/s1. The first kappa shape index (κ1) is 19.8. The van der Waals surface area contributed by atoms with E-state index in [1.165, 1.54) is 12.1 Å². The quantitative estimate of drug-likeness (QED) is 0.585. The number of carbonyl (C=O) groups excluding carboxylic acids is 1. The van der Waals surface area contributed by atoms with E-state index in [0.29, 0.717) is 11.3 Å². The van der Waals surface area contributed by atoms with Crippen LogP contribution in [0.3, 0.4) is 0 Å². The van der Waals surface area contributed by atoms with Crippen LogP contribution in [0.2, 0.25) is 0 Å². The van der Waals surface area contributed by atoms with Crippen molar-refractivity contribution in [3.63, 3.8) is 0 Å². The number of ether oxygens (including phenoxy) is 3. The second kappa shape index (κ2) is 8.10. The largest absolute Gasteiger partial charge is 0.484 e. The summed E-state index contributed by atoms with van der Waals surface area (Å²) >= 11 is 0. The minimum Gasteiger partial charge on any atom is -0.484 e. The molecule has 1 saturated heterocycles. The second-order valence-corrected chi connectivity index (χ2v) is 7.12. The fraction of sp³-hybridized carbons (Fsp3) is 0.381. The van der Waals surface area contributed by atoms with E-state index < -0.39 is 43.4 Å². The van der Waals surface area contributed by atoms with Gasteiger partial charge < -0.3 is 34.6 Å². The number of ketones is 1. The first-order valence-electron chi connectivity index (χ1n) is 9.34. The van der Waals surface area contributed by atoms with E-state index in [4.69, 9.17) is 14.2 Å². The third-order valence-electron chi connectivity index (χ3n) is 5.17. The normalized spacial score (nSPS) is 31.7. The number of hydrogen-bond donors (Lipinski definition) is 4. The predicted octanol–water partition coefficient (Wildman–Crippen LogP) is 0.572. The Morgan fingerprint density at radius 2 is 1.76 bits per heavy atom. The van der Waals surface area contributed by atoms with Crippen LogP contribution in [-0.4, -0.2) is 63.5 Å². The summed E-state index contributed by atoms with van der Waals surface area (Å²) in [5.41, 5.74) is 1.31. The summed E-state index contributed by atoms with van der Waals surface area (Å²) in [6, 6.07) is 14.0. The summed E-state index contributed by atoms with van der Waals surface area (Å²) in [7, 11) is 0. The smallest absolute Gasteiger partial charge is 0.229 e. The Balaban J connectivity index is 1.54. The summed E-state index contributed by atoms with van der Waals surface area (Å²) in [6.45, 7) is -0.550. The molecule has 0 aliphatic carbocycles. The molecule has 2 aliphatic rings. The number of Topliss-reactive ketones (excluding diaryl/α,β-unsaturated/α-hetero) is 1. The summed E-state index contributed by atoms with van der Waals surface area (Å²) in [6.07, 6.45) is -7.11. The van der Waals surface area contributed by atoms with Gasteiger partial charge in [-0.2, -0.15) is 0 Å². The van der Waals surface area contributed by atoms with Crippen molar-refractivity contribution in [2.45, 2.75) is 43.2 Å². The number of aliphatic hydroxyl groups excluding tert-OH is 4. The van der Waals surface area contributed by atoms with E-state index >= 15 is 0 Å². The van der Waals surface area contributed by atoms with Gasteiger partial charge in [0.15, 0.2) is 5.78 Å². The van der Waals surface area contributed by atoms with E-state index in [2.05, 4.69) is 0 Å². The molecule has 0 saturated carbocycles. The molecule has 1 fully saturated rings. The lowest BCUT2D eigenvalue weighted by Gasteiger charge is -2.39. The third-order valence-corrected chi connectivity index (χ3v) is 5.17. The van der Waals surface area contributed by atoms with Crippen LogP contribution in [0.25, 0.3) is 0 Å². The lowest BCUT2D eigenvalue weighted by atomic mass is 9.96. The van der Waals surface area contributed by atoms with Gasteiger partial charge in [-0.1, -0.05) is 30.3 Å². The van der Waals surface area contributed by atoms with Crippen molar-refractivity contribution in [2.75, 3.05) is 6.61 Å². The second-order valence-electron chi connectivity index (χ2n) is 7.12. The number of benzene rings is 2. The fourth-order valence-electron chi connectivity index (χ4n) is 3.53. The molecule has 2 heterocycles. The molecule has 6 atom stereocenters. The number of rotatable bonds is 4. The van der Waals surface area contributed by atoms with Crippen LogP contribution in [0.1, 0.15) is 28.4 Å². The van der Waals surface area contributed by atoms with Crippen molar-refractivity contribution in [3.8, 4) is 11.5 Å². The molecular weight excluding hydrogens is 380 g/mol. The fourth-order valence-corrected chi connectivity index (χ4v) is 3.53. The Morgan fingerprint density at radius 3 is 2.48 bits per heavy atom. The van der Waals surface area contributed by atoms with Gasteiger partial charge >= 0.3 is 0 Å². The van der Waals surface area contributed by atoms with E-state index in [9.17, 15) is 25.2 Å². The van der Waals surface area contributed by atoms with Gasteiger partial charge in [-0.15, -0.1) is 0 Å². The maximum Gasteiger partial charge on any atom is 0.229 e. The molecule has 0 spiro atoms. The van der Waals surface area contributed by atoms with Crippen LogP contribution in [0, 0.1) is 0 Å². The Bertz CT molecular complexity index is 868. The maximum absolute atomic E-state index is 12.5. The number of hydrogen-bond acceptors (Lipinski definition) is 8. The van der Waals surface area contributed by atoms with Gasteiger partial charge in [0, 0.05) is 6.07 Å². The average molecular weight is 402 g/mol. The van der Waals surface area contributed by atoms with Gasteiger partial charge in [0.05, 0.1) is 18.6 Å². The van der Waals surface area contributed by atoms with Crippen LogP contribution < -0.4 is 9.47 Å². The number of carbonyl (C=O) groups is 1. The topological polar surface area (TPSA) is 126 Å². The highest BCUT2D eigenvalue weighted by atomic mass is 16.7. The highest BCUT2D eigenvalue weighted by Gasteiger charge is 2.44. The Hall–Kier alpha value is -2.49. The molecule has 0 unspecified atom stereocenters. The van der Waals surface area contributed by atoms with Crippen LogP contribution in [0.15, 0.2) is 48.5 Å². The lowest BCUT2D eigenvalue weighted by molar-refractivity contribution is -0.277. The van der Waals surface area contributed by atoms with Gasteiger partial charge in [-0.3, -0.25) is 4.79 Å². The molecule has 2 aliphatic heterocycles. The Kier molecular flexibility index (Phi) is 5.53. The minimum atomic E-state index is -1.54. The molecule has 8 nitrogen and oxygen atoms in total. The highest BCUT2D eigenvalue weighted by Crippen LogP contribution is 2.37. The maximum atomic E-state index is 12.5. The van der Waals surface area contributed by atoms with Crippen molar-refractivity contribution in [1.82, 2.24) is 0 Å². The summed E-state index contributed by atoms with van der Waals surface area (Å²) in [5.74, 6) is 0.534. The van der Waals surface area contributed by atoms with Crippen LogP contribution in [0.5, 0.6) is 11.5 Å². The first-order valence-corrected chi connectivity index (χ1v) is 9.34. The van der Waals surface area contributed by atoms with Gasteiger partial charge in [-0.05, 0) is 17.7 Å². The lowest BCUT2D eigenvalue weighted by Crippen LogP contribution is -2.60. The van der Waals surface area contributed by atoms with Gasteiger partial charge in [0.2, 0.25) is 6.29 Å². The van der Waals surface area contributed by atoms with Gasteiger partial charge in [0.25, 0.3) is 0 Å². The summed E-state index contributed by atoms with van der Waals surface area (Å²) in [5, 5.41) is 39.2. The molecular formula is C21H22O8. The molecule has 0 aromatic heterocycles. The van der Waals surface area contributed by atoms with E-state index in [-0.39, 0.29) is 18.0 Å². The number of fused-ring (bicyclic) bond motifs is 1. The molecule has 0 amide bonds. The Labute approximate surface area is 166 Å². The molecule has 8 heteroatoms. The first-order chi connectivity index (χ1) is 14.0. The third kappa shape index (κ3) is 3.85. The summed E-state index contributed by atoms with van der Waals surface area (Å²) < 4.78 is 17.0. The van der Waals surface area contributed by atoms with Gasteiger partial charge in [0.1, 0.15) is 42.0 Å². The van der Waals surface area contributed by atoms with Crippen LogP contribution in [-0.2, 0) is 4.74 Å². The predicted molar refractivity (Wildman–Crippen MR) is 99.6 cm³/mol. The molecule has 0 bridgehead atoms. The summed E-state index contributed by atoms with van der Waals surface area (Å²) in [4.78, 5) is 12.5. The van der Waals surface area contributed by atoms with Crippen molar-refractivity contribution in [2.24, 2.45) is 0 Å². The van der Waals surface area contributed by atoms with Crippen molar-refractivity contribution in [3.05, 3.63) is 59.7 Å². The van der Waals surface area contributed by atoms with Crippen molar-refractivity contribution >= 4 is 5.78 Å². The molecule has 154 valence electrons. The minimum absolute atomic E-state index is 0.0560. The van der Waals surface area contributed by atoms with E-state index in [1.54, 1.807) is 6.07 Å². The molecule has 0 radical (unpaired) electrons. The van der Waals surface area contributed by atoms with Crippen molar-refractivity contribution < 1.29 is 39.4 Å². The van der Waals surface area contributed by atoms with Crippen molar-refractivity contribution in [1.29, 1.82) is 0 Å². The van der Waals surface area contributed by atoms with Crippen LogP contribution >= 0.6 is 0 Å². The highest BCUT2D eigenvalue weighted by molar-refractivity contribution is 6.00. The van der Waals surface area contributed by atoms with Gasteiger partial charge in [-0.25, -0.2) is 0 Å². The Morgan fingerprint density at radius 1 is 1.00 bits per heavy atom. The zero-order valence-corrected chi connectivity index (χ0v) is 15.4. The molecule has 4 N–H and O–H groups in total. The number of aliphatic hydroxyl groups is 4. The van der Waals surface area contributed by atoms with E-state index in [0.717, 1.165) is 5.56 Å². The SMILES string of the molecule is O=C1C[C@H](c2ccccc2)Oc2cc(O[C@H]3O[C@@H](CO)[C@H](O)[C@@H](O)[C@@H]3O)ccc21. The molecule has 4 rings (SSSR count).